The summed E-state index contributed by atoms with van der Waals surface area (Å²) in [6.07, 6.45) is 2.05. The van der Waals surface area contributed by atoms with Crippen LogP contribution in [0.2, 0.25) is 0 Å². The number of methoxy groups -OCH3 is 1. The van der Waals surface area contributed by atoms with Gasteiger partial charge in [-0.3, -0.25) is 0 Å². The van der Waals surface area contributed by atoms with E-state index >= 15 is 0 Å². The summed E-state index contributed by atoms with van der Waals surface area (Å²) >= 11 is 0. The Hall–Kier alpha value is -3.53. The number of ether oxygens (including phenoxy) is 1. The molecule has 1 heterocycles. The molecular weight excluding hydrogens is 468 g/mol. The number of esters is 1. The molecule has 38 heavy (non-hydrogen) atoms. The standard InChI is InChI=1S/C28H29N2O2.3C2H6/c1-6-30-18-25(29-24-9-7-8-10-26(24)30)21-15-20(16-22(17-21)27(31)32-5)19-11-13-23(14-12-19)28(2,3)4;3*1-2/h7-18H,6H2,1-5H3;3*1-2H3/q+1;;;. The first-order valence-corrected chi connectivity index (χ1v) is 13.9. The van der Waals surface area contributed by atoms with E-state index in [-0.39, 0.29) is 11.4 Å². The Kier molecular flexibility index (Phi) is 13.4. The third-order valence-electron chi connectivity index (χ3n) is 5.79. The van der Waals surface area contributed by atoms with E-state index in [1.807, 2.05) is 78.1 Å². The van der Waals surface area contributed by atoms with Crippen LogP contribution in [0.25, 0.3) is 33.4 Å². The number of hydrogen-bond acceptors (Lipinski definition) is 3. The lowest BCUT2D eigenvalue weighted by atomic mass is 9.86. The Bertz CT molecular complexity index is 1290. The zero-order valence-electron chi connectivity index (χ0n) is 25.3. The molecule has 0 atom stereocenters. The number of aryl methyl sites for hydroxylation is 1. The Morgan fingerprint density at radius 1 is 0.816 bits per heavy atom. The summed E-state index contributed by atoms with van der Waals surface area (Å²) in [5.41, 5.74) is 7.59. The van der Waals surface area contributed by atoms with Gasteiger partial charge in [0.05, 0.1) is 12.7 Å². The summed E-state index contributed by atoms with van der Waals surface area (Å²) in [6, 6.07) is 22.5. The molecule has 0 aliphatic carbocycles. The highest BCUT2D eigenvalue weighted by Gasteiger charge is 2.17. The fourth-order valence-electron chi connectivity index (χ4n) is 3.92. The molecule has 0 N–H and O–H groups in total. The number of hydrogen-bond donors (Lipinski definition) is 0. The van der Waals surface area contributed by atoms with E-state index in [1.54, 1.807) is 0 Å². The molecule has 0 saturated heterocycles. The van der Waals surface area contributed by atoms with Crippen LogP contribution < -0.4 is 4.57 Å². The van der Waals surface area contributed by atoms with Crippen LogP contribution in [0.1, 0.15) is 85.2 Å². The van der Waals surface area contributed by atoms with Gasteiger partial charge in [0, 0.05) is 11.6 Å². The first-order valence-electron chi connectivity index (χ1n) is 13.9. The summed E-state index contributed by atoms with van der Waals surface area (Å²) in [6.45, 7) is 21.5. The Morgan fingerprint density at radius 2 is 1.39 bits per heavy atom. The fraction of sp³-hybridized carbons (Fsp3) is 0.382. The SMILES string of the molecule is CC.CC.CC.CC[n+]1cc(-c2cc(C(=O)OC)cc(-c3ccc(C(C)(C)C)cc3)c2)nc2ccccc21. The van der Waals surface area contributed by atoms with Crippen molar-refractivity contribution >= 4 is 17.0 Å². The largest absolute Gasteiger partial charge is 0.465 e. The molecule has 0 aliphatic rings. The van der Waals surface area contributed by atoms with E-state index in [9.17, 15) is 4.79 Å². The number of benzene rings is 3. The molecule has 1 aromatic heterocycles. The van der Waals surface area contributed by atoms with Crippen LogP contribution in [0.4, 0.5) is 0 Å². The summed E-state index contributed by atoms with van der Waals surface area (Å²) in [5.74, 6) is -0.358. The average molecular weight is 516 g/mol. The van der Waals surface area contributed by atoms with Gasteiger partial charge in [-0.2, -0.15) is 4.57 Å². The first kappa shape index (κ1) is 32.5. The van der Waals surface area contributed by atoms with Crippen LogP contribution in [-0.2, 0) is 16.7 Å². The van der Waals surface area contributed by atoms with Crippen LogP contribution in [0, 0.1) is 0 Å². The van der Waals surface area contributed by atoms with Gasteiger partial charge >= 0.3 is 5.97 Å². The van der Waals surface area contributed by atoms with Crippen molar-refractivity contribution < 1.29 is 14.1 Å². The number of aromatic nitrogens is 2. The van der Waals surface area contributed by atoms with Gasteiger partial charge in [-0.05, 0) is 53.3 Å². The van der Waals surface area contributed by atoms with Crippen LogP contribution in [0.3, 0.4) is 0 Å². The van der Waals surface area contributed by atoms with Gasteiger partial charge in [0.25, 0.3) is 0 Å². The van der Waals surface area contributed by atoms with Crippen LogP contribution >= 0.6 is 0 Å². The molecule has 4 heteroatoms. The molecule has 4 rings (SSSR count). The van der Waals surface area contributed by atoms with Crippen molar-refractivity contribution in [1.29, 1.82) is 0 Å². The molecule has 0 spiro atoms. The molecule has 0 amide bonds. The molecule has 4 aromatic rings. The molecule has 204 valence electrons. The topological polar surface area (TPSA) is 43.1 Å². The molecule has 0 unspecified atom stereocenters. The Morgan fingerprint density at radius 3 is 1.95 bits per heavy atom. The van der Waals surface area contributed by atoms with Crippen molar-refractivity contribution in [3.8, 4) is 22.4 Å². The molecule has 4 nitrogen and oxygen atoms in total. The summed E-state index contributed by atoms with van der Waals surface area (Å²) in [7, 11) is 1.41. The summed E-state index contributed by atoms with van der Waals surface area (Å²) < 4.78 is 7.21. The van der Waals surface area contributed by atoms with E-state index in [1.165, 1.54) is 12.7 Å². The van der Waals surface area contributed by atoms with Crippen molar-refractivity contribution in [3.63, 3.8) is 0 Å². The van der Waals surface area contributed by atoms with Gasteiger partial charge in [-0.25, -0.2) is 9.78 Å². The van der Waals surface area contributed by atoms with Gasteiger partial charge in [0.1, 0.15) is 17.8 Å². The molecule has 0 radical (unpaired) electrons. The van der Waals surface area contributed by atoms with Gasteiger partial charge in [-0.15, -0.1) is 0 Å². The van der Waals surface area contributed by atoms with E-state index in [0.717, 1.165) is 40.0 Å². The number of fused-ring (bicyclic) bond motifs is 1. The quantitative estimate of drug-likeness (QED) is 0.201. The second-order valence-corrected chi connectivity index (χ2v) is 9.02. The van der Waals surface area contributed by atoms with Gasteiger partial charge < -0.3 is 4.74 Å². The Balaban J connectivity index is 0.00000112. The van der Waals surface area contributed by atoms with E-state index in [0.29, 0.717) is 5.56 Å². The van der Waals surface area contributed by atoms with Gasteiger partial charge in [0.2, 0.25) is 5.52 Å². The average Bonchev–Trinajstić information content (AvgIpc) is 2.98. The smallest absolute Gasteiger partial charge is 0.337 e. The second kappa shape index (κ2) is 15.7. The van der Waals surface area contributed by atoms with Crippen molar-refractivity contribution in [2.24, 2.45) is 0 Å². The maximum absolute atomic E-state index is 12.5. The normalized spacial score (nSPS) is 10.2. The third-order valence-corrected chi connectivity index (χ3v) is 5.79. The van der Waals surface area contributed by atoms with Crippen molar-refractivity contribution in [1.82, 2.24) is 4.98 Å². The number of nitrogens with zero attached hydrogens (tertiary/aromatic N) is 2. The molecular formula is C34H47N2O2+. The number of carbonyl (C=O) groups is 1. The number of rotatable bonds is 4. The number of para-hydroxylation sites is 2. The predicted octanol–water partition coefficient (Wildman–Crippen LogP) is 9.04. The lowest BCUT2D eigenvalue weighted by Crippen LogP contribution is -2.33. The van der Waals surface area contributed by atoms with Crippen molar-refractivity contribution in [2.75, 3.05) is 7.11 Å². The lowest BCUT2D eigenvalue weighted by Gasteiger charge is -2.19. The van der Waals surface area contributed by atoms with Crippen molar-refractivity contribution in [2.45, 2.75) is 81.2 Å². The zero-order valence-corrected chi connectivity index (χ0v) is 25.3. The highest BCUT2D eigenvalue weighted by Crippen LogP contribution is 2.30. The van der Waals surface area contributed by atoms with Crippen molar-refractivity contribution in [3.05, 3.63) is 84.1 Å². The minimum atomic E-state index is -0.358. The molecule has 0 fully saturated rings. The van der Waals surface area contributed by atoms with E-state index in [4.69, 9.17) is 9.72 Å². The maximum atomic E-state index is 12.5. The molecule has 0 bridgehead atoms. The summed E-state index contributed by atoms with van der Waals surface area (Å²) in [5, 5.41) is 0. The second-order valence-electron chi connectivity index (χ2n) is 9.02. The number of carbonyl (C=O) groups excluding carboxylic acids is 1. The van der Waals surface area contributed by atoms with Crippen LogP contribution in [0.5, 0.6) is 0 Å². The molecule has 3 aromatic carbocycles. The van der Waals surface area contributed by atoms with Crippen LogP contribution in [-0.4, -0.2) is 18.1 Å². The summed E-state index contributed by atoms with van der Waals surface area (Å²) in [4.78, 5) is 17.3. The third kappa shape index (κ3) is 7.98. The zero-order chi connectivity index (χ0) is 28.9. The van der Waals surface area contributed by atoms with E-state index in [2.05, 4.69) is 68.7 Å². The first-order chi connectivity index (χ1) is 18.3. The fourth-order valence-corrected chi connectivity index (χ4v) is 3.92. The highest BCUT2D eigenvalue weighted by molar-refractivity contribution is 5.93. The minimum absolute atomic E-state index is 0.0837. The molecule has 0 saturated carbocycles. The molecule has 0 aliphatic heterocycles. The van der Waals surface area contributed by atoms with Gasteiger partial charge in [0.15, 0.2) is 6.20 Å². The lowest BCUT2D eigenvalue weighted by molar-refractivity contribution is -0.667. The monoisotopic (exact) mass is 515 g/mol. The van der Waals surface area contributed by atoms with E-state index < -0.39 is 0 Å². The minimum Gasteiger partial charge on any atom is -0.465 e. The maximum Gasteiger partial charge on any atom is 0.337 e. The Labute approximate surface area is 230 Å². The van der Waals surface area contributed by atoms with Crippen LogP contribution in [0.15, 0.2) is 72.9 Å². The highest BCUT2D eigenvalue weighted by atomic mass is 16.5. The van der Waals surface area contributed by atoms with Gasteiger partial charge in [-0.1, -0.05) is 98.7 Å². The predicted molar refractivity (Wildman–Crippen MR) is 163 cm³/mol.